The van der Waals surface area contributed by atoms with Crippen LogP contribution in [0.15, 0.2) is 47.7 Å². The van der Waals surface area contributed by atoms with Crippen LogP contribution in [0.5, 0.6) is 11.5 Å². The number of hydrogen-bond donors (Lipinski definition) is 1. The molecule has 2 aromatic heterocycles. The van der Waals surface area contributed by atoms with Crippen LogP contribution < -0.4 is 14.4 Å². The van der Waals surface area contributed by atoms with Gasteiger partial charge in [-0.05, 0) is 30.3 Å². The molecule has 1 N–H and O–H groups in total. The van der Waals surface area contributed by atoms with Crippen molar-refractivity contribution < 1.29 is 19.3 Å². The molecular formula is C23H23N5O4. The Kier molecular flexibility index (Phi) is 4.77. The summed E-state index contributed by atoms with van der Waals surface area (Å²) in [7, 11) is 0. The van der Waals surface area contributed by atoms with Crippen molar-refractivity contribution in [2.45, 2.75) is 12.6 Å². The lowest BCUT2D eigenvalue weighted by atomic mass is 10.0. The number of nitrogens with zero attached hydrogens (tertiary/aromatic N) is 5. The van der Waals surface area contributed by atoms with E-state index < -0.39 is 6.23 Å². The first-order chi connectivity index (χ1) is 15.8. The fourth-order valence-corrected chi connectivity index (χ4v) is 4.25. The van der Waals surface area contributed by atoms with Gasteiger partial charge in [0.2, 0.25) is 0 Å². The van der Waals surface area contributed by atoms with Gasteiger partial charge in [0.25, 0.3) is 0 Å². The first-order valence-electron chi connectivity index (χ1n) is 10.8. The van der Waals surface area contributed by atoms with Crippen LogP contribution in [0.4, 0.5) is 11.6 Å². The molecule has 0 aliphatic carbocycles. The van der Waals surface area contributed by atoms with Crippen LogP contribution in [0, 0.1) is 0 Å². The molecule has 1 saturated heterocycles. The highest BCUT2D eigenvalue weighted by molar-refractivity contribution is 6.04. The lowest BCUT2D eigenvalue weighted by molar-refractivity contribution is 0.0976. The quantitative estimate of drug-likeness (QED) is 0.678. The molecular weight excluding hydrogens is 410 g/mol. The van der Waals surface area contributed by atoms with E-state index in [2.05, 4.69) is 15.0 Å². The highest BCUT2D eigenvalue weighted by Gasteiger charge is 2.26. The van der Waals surface area contributed by atoms with Crippen molar-refractivity contribution in [3.8, 4) is 22.6 Å². The Labute approximate surface area is 184 Å². The number of aliphatic hydroxyl groups is 1. The van der Waals surface area contributed by atoms with Crippen LogP contribution in [0.25, 0.3) is 11.1 Å². The fraction of sp³-hybridized carbons (Fsp3) is 0.348. The number of aliphatic hydroxyl groups excluding tert-OH is 1. The Morgan fingerprint density at radius 2 is 1.72 bits per heavy atom. The van der Waals surface area contributed by atoms with Gasteiger partial charge in [-0.25, -0.2) is 14.7 Å². The Bertz CT molecular complexity index is 1170. The van der Waals surface area contributed by atoms with E-state index in [0.29, 0.717) is 31.2 Å². The van der Waals surface area contributed by atoms with Crippen molar-refractivity contribution in [1.82, 2.24) is 14.8 Å². The first kappa shape index (κ1) is 19.3. The molecule has 0 spiro atoms. The third kappa shape index (κ3) is 3.39. The molecule has 3 aliphatic rings. The topological polar surface area (TPSA) is 94.2 Å². The van der Waals surface area contributed by atoms with Gasteiger partial charge in [-0.2, -0.15) is 5.10 Å². The van der Waals surface area contributed by atoms with Crippen LogP contribution in [0.1, 0.15) is 18.2 Å². The highest BCUT2D eigenvalue weighted by Crippen LogP contribution is 2.38. The number of aromatic nitrogens is 3. The predicted molar refractivity (Wildman–Crippen MR) is 118 cm³/mol. The first-order valence-corrected chi connectivity index (χ1v) is 10.8. The summed E-state index contributed by atoms with van der Waals surface area (Å²) in [5, 5.41) is 15.1. The molecule has 1 unspecified atom stereocenters. The third-order valence-corrected chi connectivity index (χ3v) is 5.94. The van der Waals surface area contributed by atoms with E-state index in [9.17, 15) is 5.11 Å². The maximum Gasteiger partial charge on any atom is 0.162 e. The van der Waals surface area contributed by atoms with Crippen molar-refractivity contribution >= 4 is 17.3 Å². The Hall–Kier alpha value is -3.43. The lowest BCUT2D eigenvalue weighted by Crippen LogP contribution is -2.36. The van der Waals surface area contributed by atoms with Crippen molar-refractivity contribution in [2.75, 3.05) is 44.4 Å². The minimum Gasteiger partial charge on any atom is -0.486 e. The normalized spacial score (nSPS) is 20.0. The van der Waals surface area contributed by atoms with Crippen LogP contribution in [0.3, 0.4) is 0 Å². The van der Waals surface area contributed by atoms with Crippen LogP contribution in [-0.2, 0) is 4.74 Å². The molecule has 9 nitrogen and oxygen atoms in total. The number of ether oxygens (including phenoxy) is 3. The molecule has 9 heteroatoms. The van der Waals surface area contributed by atoms with E-state index >= 15 is 0 Å². The lowest BCUT2D eigenvalue weighted by Gasteiger charge is -2.27. The second kappa shape index (κ2) is 7.92. The van der Waals surface area contributed by atoms with Crippen molar-refractivity contribution in [3.05, 3.63) is 48.3 Å². The molecule has 0 bridgehead atoms. The number of morpholine rings is 1. The molecule has 1 fully saturated rings. The smallest absolute Gasteiger partial charge is 0.162 e. The SMILES string of the molecule is OC1CC(c2ccc3c(c2)OCCO3)=Nc2c(-c3ccc(N4CCOCC4)nc3)cnn21. The molecule has 5 heterocycles. The standard InChI is InChI=1S/C23H23N5O4/c29-22-12-18(15-1-3-19-20(11-15)32-10-9-31-19)26-23-17(14-25-28(22)23)16-2-4-21(24-13-16)27-5-7-30-8-6-27/h1-4,11,13-14,22,29H,5-10,12H2. The number of fused-ring (bicyclic) bond motifs is 2. The minimum atomic E-state index is -0.792. The Balaban J connectivity index is 1.33. The van der Waals surface area contributed by atoms with Gasteiger partial charge in [0.05, 0.1) is 25.1 Å². The van der Waals surface area contributed by atoms with Crippen LogP contribution in [-0.4, -0.2) is 65.1 Å². The van der Waals surface area contributed by atoms with Crippen LogP contribution >= 0.6 is 0 Å². The van der Waals surface area contributed by atoms with E-state index in [1.807, 2.05) is 36.5 Å². The molecule has 0 radical (unpaired) electrons. The molecule has 6 rings (SSSR count). The second-order valence-electron chi connectivity index (χ2n) is 7.93. The predicted octanol–water partition coefficient (Wildman–Crippen LogP) is 2.57. The summed E-state index contributed by atoms with van der Waals surface area (Å²) in [6.45, 7) is 4.18. The molecule has 164 valence electrons. The summed E-state index contributed by atoms with van der Waals surface area (Å²) in [5.74, 6) is 2.98. The molecule has 0 amide bonds. The highest BCUT2D eigenvalue weighted by atomic mass is 16.6. The zero-order valence-corrected chi connectivity index (χ0v) is 17.5. The number of rotatable bonds is 3. The summed E-state index contributed by atoms with van der Waals surface area (Å²) in [5.41, 5.74) is 3.41. The maximum atomic E-state index is 10.7. The van der Waals surface area contributed by atoms with E-state index in [4.69, 9.17) is 19.2 Å². The zero-order valence-electron chi connectivity index (χ0n) is 17.5. The molecule has 3 aliphatic heterocycles. The largest absolute Gasteiger partial charge is 0.486 e. The van der Waals surface area contributed by atoms with Gasteiger partial charge in [-0.15, -0.1) is 0 Å². The van der Waals surface area contributed by atoms with Crippen molar-refractivity contribution in [3.63, 3.8) is 0 Å². The van der Waals surface area contributed by atoms with Crippen molar-refractivity contribution in [1.29, 1.82) is 0 Å². The fourth-order valence-electron chi connectivity index (χ4n) is 4.25. The van der Waals surface area contributed by atoms with E-state index in [1.165, 1.54) is 0 Å². The third-order valence-electron chi connectivity index (χ3n) is 5.94. The monoisotopic (exact) mass is 433 g/mol. The van der Waals surface area contributed by atoms with E-state index in [1.54, 1.807) is 10.9 Å². The van der Waals surface area contributed by atoms with Gasteiger partial charge in [0.1, 0.15) is 19.0 Å². The van der Waals surface area contributed by atoms with Crippen molar-refractivity contribution in [2.24, 2.45) is 4.99 Å². The summed E-state index contributed by atoms with van der Waals surface area (Å²) >= 11 is 0. The molecule has 1 aromatic carbocycles. The minimum absolute atomic E-state index is 0.363. The van der Waals surface area contributed by atoms with Gasteiger partial charge >= 0.3 is 0 Å². The number of anilines is 1. The van der Waals surface area contributed by atoms with Gasteiger partial charge < -0.3 is 24.2 Å². The van der Waals surface area contributed by atoms with E-state index in [-0.39, 0.29) is 0 Å². The summed E-state index contributed by atoms with van der Waals surface area (Å²) in [6, 6.07) is 9.79. The Morgan fingerprint density at radius 3 is 2.53 bits per heavy atom. The molecule has 3 aromatic rings. The molecule has 1 atom stereocenters. The number of hydrogen-bond acceptors (Lipinski definition) is 8. The maximum absolute atomic E-state index is 10.7. The zero-order chi connectivity index (χ0) is 21.5. The van der Waals surface area contributed by atoms with Gasteiger partial charge in [-0.3, -0.25) is 0 Å². The number of pyridine rings is 1. The summed E-state index contributed by atoms with van der Waals surface area (Å²) in [4.78, 5) is 11.7. The van der Waals surface area contributed by atoms with E-state index in [0.717, 1.165) is 60.3 Å². The molecule has 0 saturated carbocycles. The van der Waals surface area contributed by atoms with Gasteiger partial charge in [-0.1, -0.05) is 0 Å². The van der Waals surface area contributed by atoms with Crippen LogP contribution in [0.2, 0.25) is 0 Å². The number of benzene rings is 1. The average molecular weight is 433 g/mol. The second-order valence-corrected chi connectivity index (χ2v) is 7.93. The summed E-state index contributed by atoms with van der Waals surface area (Å²) in [6.07, 6.45) is 3.14. The van der Waals surface area contributed by atoms with Gasteiger partial charge in [0, 0.05) is 42.4 Å². The summed E-state index contributed by atoms with van der Waals surface area (Å²) < 4.78 is 18.3. The Morgan fingerprint density at radius 1 is 0.906 bits per heavy atom. The number of aliphatic imine (C=N–C) groups is 1. The average Bonchev–Trinajstić information content (AvgIpc) is 3.29. The van der Waals surface area contributed by atoms with Gasteiger partial charge in [0.15, 0.2) is 23.5 Å². The molecule has 32 heavy (non-hydrogen) atoms.